The van der Waals surface area contributed by atoms with Crippen LogP contribution in [0, 0.1) is 5.82 Å². The Morgan fingerprint density at radius 2 is 1.79 bits per heavy atom. The van der Waals surface area contributed by atoms with Gasteiger partial charge in [-0.15, -0.1) is 11.8 Å². The van der Waals surface area contributed by atoms with Crippen molar-refractivity contribution in [3.8, 4) is 11.5 Å². The number of nitrogens with one attached hydrogen (secondary N) is 1. The Hall–Kier alpha value is -3.32. The van der Waals surface area contributed by atoms with E-state index in [1.165, 1.54) is 36.0 Å². The van der Waals surface area contributed by atoms with Crippen LogP contribution < -0.4 is 10.1 Å². The van der Waals surface area contributed by atoms with Crippen molar-refractivity contribution in [3.63, 3.8) is 0 Å². The smallest absolute Gasteiger partial charge is 0.335 e. The summed E-state index contributed by atoms with van der Waals surface area (Å²) in [5.74, 6) is -0.359. The van der Waals surface area contributed by atoms with Crippen LogP contribution in [0.3, 0.4) is 0 Å². The van der Waals surface area contributed by atoms with Gasteiger partial charge in [0.05, 0.1) is 16.6 Å². The third kappa shape index (κ3) is 4.09. The van der Waals surface area contributed by atoms with Gasteiger partial charge in [-0.25, -0.2) is 9.18 Å². The van der Waals surface area contributed by atoms with Crippen LogP contribution in [-0.2, 0) is 4.79 Å². The van der Waals surface area contributed by atoms with E-state index in [-0.39, 0.29) is 28.3 Å². The molecule has 0 aliphatic carbocycles. The van der Waals surface area contributed by atoms with Gasteiger partial charge in [-0.05, 0) is 42.5 Å². The first-order valence-corrected chi connectivity index (χ1v) is 9.87. The van der Waals surface area contributed by atoms with Gasteiger partial charge in [-0.2, -0.15) is 0 Å². The Labute approximate surface area is 170 Å². The van der Waals surface area contributed by atoms with E-state index in [9.17, 15) is 14.0 Å². The average Bonchev–Trinajstić information content (AvgIpc) is 2.71. The van der Waals surface area contributed by atoms with Crippen LogP contribution in [0.5, 0.6) is 11.5 Å². The molecule has 0 bridgehead atoms. The normalized spacial score (nSPS) is 14.3. The van der Waals surface area contributed by atoms with Gasteiger partial charge in [-0.3, -0.25) is 4.79 Å². The molecule has 1 unspecified atom stereocenters. The van der Waals surface area contributed by atoms with Crippen molar-refractivity contribution in [1.29, 1.82) is 0 Å². The number of benzene rings is 3. The molecule has 0 saturated heterocycles. The quantitative estimate of drug-likeness (QED) is 0.614. The summed E-state index contributed by atoms with van der Waals surface area (Å²) in [7, 11) is 0. The number of amides is 1. The van der Waals surface area contributed by atoms with Gasteiger partial charge in [0.2, 0.25) is 5.91 Å². The fourth-order valence-corrected chi connectivity index (χ4v) is 4.29. The Balaban J connectivity index is 1.52. The number of carbonyl (C=O) groups excluding carboxylic acids is 1. The summed E-state index contributed by atoms with van der Waals surface area (Å²) in [6.07, 6.45) is 0. The van der Waals surface area contributed by atoms with E-state index in [1.807, 2.05) is 24.3 Å². The monoisotopic (exact) mass is 409 g/mol. The Kier molecular flexibility index (Phi) is 5.22. The molecule has 29 heavy (non-hydrogen) atoms. The van der Waals surface area contributed by atoms with Crippen LogP contribution in [0.25, 0.3) is 0 Å². The number of anilines is 1. The molecule has 3 aromatic carbocycles. The van der Waals surface area contributed by atoms with Crippen LogP contribution in [-0.4, -0.2) is 22.7 Å². The number of rotatable bonds is 5. The number of ether oxygens (including phenoxy) is 1. The fraction of sp³-hybridized carbons (Fsp3) is 0.0909. The van der Waals surface area contributed by atoms with Crippen LogP contribution in [0.15, 0.2) is 66.7 Å². The second-order valence-corrected chi connectivity index (χ2v) is 7.54. The molecular weight excluding hydrogens is 393 g/mol. The SMILES string of the molecule is O=C(CSC1c2ccccc2Oc2ccc(F)cc21)Nc1cccc(C(=O)O)c1. The number of thioether (sulfide) groups is 1. The first-order valence-electron chi connectivity index (χ1n) is 8.82. The lowest BCUT2D eigenvalue weighted by atomic mass is 10.00. The minimum Gasteiger partial charge on any atom is -0.478 e. The average molecular weight is 409 g/mol. The minimum atomic E-state index is -1.06. The van der Waals surface area contributed by atoms with Gasteiger partial charge < -0.3 is 15.2 Å². The van der Waals surface area contributed by atoms with Crippen LogP contribution in [0.1, 0.15) is 26.7 Å². The molecule has 146 valence electrons. The van der Waals surface area contributed by atoms with E-state index in [4.69, 9.17) is 9.84 Å². The highest BCUT2D eigenvalue weighted by Gasteiger charge is 2.28. The van der Waals surface area contributed by atoms with Crippen molar-refractivity contribution in [2.45, 2.75) is 5.25 Å². The largest absolute Gasteiger partial charge is 0.478 e. The lowest BCUT2D eigenvalue weighted by molar-refractivity contribution is -0.113. The van der Waals surface area contributed by atoms with E-state index in [0.717, 1.165) is 5.56 Å². The summed E-state index contributed by atoms with van der Waals surface area (Å²) < 4.78 is 19.7. The van der Waals surface area contributed by atoms with Crippen LogP contribution in [0.2, 0.25) is 0 Å². The number of carboxylic acids is 1. The lowest BCUT2D eigenvalue weighted by Gasteiger charge is -2.27. The Bertz CT molecular complexity index is 1100. The summed E-state index contributed by atoms with van der Waals surface area (Å²) in [5.41, 5.74) is 2.05. The molecule has 0 saturated carbocycles. The van der Waals surface area contributed by atoms with Crippen molar-refractivity contribution in [1.82, 2.24) is 0 Å². The van der Waals surface area contributed by atoms with E-state index < -0.39 is 5.97 Å². The maximum absolute atomic E-state index is 13.8. The van der Waals surface area contributed by atoms with Gasteiger partial charge in [-0.1, -0.05) is 24.3 Å². The molecule has 5 nitrogen and oxygen atoms in total. The highest BCUT2D eigenvalue weighted by Crippen LogP contribution is 2.49. The highest BCUT2D eigenvalue weighted by atomic mass is 32.2. The van der Waals surface area contributed by atoms with E-state index in [0.29, 0.717) is 22.7 Å². The molecule has 3 aromatic rings. The van der Waals surface area contributed by atoms with Crippen molar-refractivity contribution in [2.24, 2.45) is 0 Å². The molecule has 2 N–H and O–H groups in total. The minimum absolute atomic E-state index is 0.0956. The molecule has 1 amide bonds. The van der Waals surface area contributed by atoms with E-state index >= 15 is 0 Å². The third-order valence-electron chi connectivity index (χ3n) is 4.45. The zero-order chi connectivity index (χ0) is 20.4. The van der Waals surface area contributed by atoms with Crippen molar-refractivity contribution in [2.75, 3.05) is 11.1 Å². The molecule has 1 atom stereocenters. The summed E-state index contributed by atoms with van der Waals surface area (Å²) in [4.78, 5) is 23.5. The first kappa shape index (κ1) is 19.0. The molecule has 0 fully saturated rings. The Morgan fingerprint density at radius 3 is 2.62 bits per heavy atom. The van der Waals surface area contributed by atoms with Gasteiger partial charge in [0.25, 0.3) is 0 Å². The molecule has 0 radical (unpaired) electrons. The summed E-state index contributed by atoms with van der Waals surface area (Å²) in [6, 6.07) is 17.9. The predicted molar refractivity (Wildman–Crippen MR) is 109 cm³/mol. The molecule has 0 spiro atoms. The van der Waals surface area contributed by atoms with Gasteiger partial charge >= 0.3 is 5.97 Å². The summed E-state index contributed by atoms with van der Waals surface area (Å²) in [6.45, 7) is 0. The lowest BCUT2D eigenvalue weighted by Crippen LogP contribution is -2.17. The van der Waals surface area contributed by atoms with Gasteiger partial charge in [0, 0.05) is 16.8 Å². The summed E-state index contributed by atoms with van der Waals surface area (Å²) in [5, 5.41) is 11.5. The number of halogens is 1. The number of aromatic carboxylic acids is 1. The molecule has 7 heteroatoms. The fourth-order valence-electron chi connectivity index (χ4n) is 3.16. The number of para-hydroxylation sites is 1. The molecule has 1 aliphatic rings. The number of hydrogen-bond donors (Lipinski definition) is 2. The Morgan fingerprint density at radius 1 is 1.00 bits per heavy atom. The molecule has 1 heterocycles. The van der Waals surface area contributed by atoms with Crippen molar-refractivity contribution < 1.29 is 23.8 Å². The molecule has 4 rings (SSSR count). The number of carbonyl (C=O) groups is 2. The second kappa shape index (κ2) is 7.97. The highest BCUT2D eigenvalue weighted by molar-refractivity contribution is 8.00. The summed E-state index contributed by atoms with van der Waals surface area (Å²) >= 11 is 1.35. The van der Waals surface area contributed by atoms with E-state index in [1.54, 1.807) is 18.2 Å². The van der Waals surface area contributed by atoms with E-state index in [2.05, 4.69) is 5.32 Å². The van der Waals surface area contributed by atoms with Gasteiger partial charge in [0.15, 0.2) is 0 Å². The van der Waals surface area contributed by atoms with Crippen molar-refractivity contribution in [3.05, 3.63) is 89.2 Å². The predicted octanol–water partition coefficient (Wildman–Crippen LogP) is 5.09. The second-order valence-electron chi connectivity index (χ2n) is 6.45. The zero-order valence-electron chi connectivity index (χ0n) is 15.1. The number of hydrogen-bond acceptors (Lipinski definition) is 4. The maximum atomic E-state index is 13.8. The first-order chi connectivity index (χ1) is 14.0. The topological polar surface area (TPSA) is 75.6 Å². The number of fused-ring (bicyclic) bond motifs is 2. The standard InChI is InChI=1S/C22H16FNO4S/c23-14-8-9-19-17(11-14)21(16-6-1-2-7-18(16)28-19)29-12-20(25)24-15-5-3-4-13(10-15)22(26)27/h1-11,21H,12H2,(H,24,25)(H,26,27). The molecule has 0 aromatic heterocycles. The molecule has 1 aliphatic heterocycles. The molecular formula is C22H16FNO4S. The van der Waals surface area contributed by atoms with Crippen LogP contribution >= 0.6 is 11.8 Å². The van der Waals surface area contributed by atoms with Crippen LogP contribution in [0.4, 0.5) is 10.1 Å². The third-order valence-corrected chi connectivity index (χ3v) is 5.72. The number of carboxylic acid groups (broad SMARTS) is 1. The van der Waals surface area contributed by atoms with Gasteiger partial charge in [0.1, 0.15) is 17.3 Å². The van der Waals surface area contributed by atoms with Crippen molar-refractivity contribution >= 4 is 29.3 Å². The maximum Gasteiger partial charge on any atom is 0.335 e. The zero-order valence-corrected chi connectivity index (χ0v) is 15.9.